The summed E-state index contributed by atoms with van der Waals surface area (Å²) in [5, 5.41) is 7.13. The van der Waals surface area contributed by atoms with Crippen LogP contribution >= 0.6 is 0 Å². The Kier molecular flexibility index (Phi) is 4.57. The number of nitrogens with one attached hydrogen (secondary N) is 2. The third-order valence-corrected chi connectivity index (χ3v) is 3.72. The van der Waals surface area contributed by atoms with Gasteiger partial charge in [0.25, 0.3) is 0 Å². The maximum Gasteiger partial charge on any atom is 0.0292 e. The van der Waals surface area contributed by atoms with Crippen LogP contribution in [-0.2, 0) is 6.42 Å². The van der Waals surface area contributed by atoms with Crippen LogP contribution in [0.5, 0.6) is 0 Å². The fourth-order valence-corrected chi connectivity index (χ4v) is 2.41. The van der Waals surface area contributed by atoms with E-state index in [1.54, 1.807) is 0 Å². The van der Waals surface area contributed by atoms with Gasteiger partial charge in [0, 0.05) is 18.6 Å². The van der Waals surface area contributed by atoms with Crippen molar-refractivity contribution in [2.45, 2.75) is 45.2 Å². The van der Waals surface area contributed by atoms with Crippen LogP contribution in [0.4, 0.5) is 0 Å². The molecule has 1 heterocycles. The molecule has 1 fully saturated rings. The van der Waals surface area contributed by atoms with Gasteiger partial charge in [-0.3, -0.25) is 0 Å². The van der Waals surface area contributed by atoms with Crippen LogP contribution in [0.15, 0.2) is 24.3 Å². The van der Waals surface area contributed by atoms with Gasteiger partial charge in [-0.2, -0.15) is 0 Å². The van der Waals surface area contributed by atoms with E-state index >= 15 is 0 Å². The molecule has 0 bridgehead atoms. The highest BCUT2D eigenvalue weighted by Gasteiger charge is 2.14. The Balaban J connectivity index is 1.83. The molecule has 0 saturated carbocycles. The van der Waals surface area contributed by atoms with E-state index in [9.17, 15) is 0 Å². The molecule has 0 radical (unpaired) electrons. The molecular weight excluding hydrogens is 208 g/mol. The first-order chi connectivity index (χ1) is 8.29. The topological polar surface area (TPSA) is 24.1 Å². The van der Waals surface area contributed by atoms with E-state index in [0.717, 1.165) is 13.0 Å². The van der Waals surface area contributed by atoms with E-state index in [0.29, 0.717) is 12.1 Å². The summed E-state index contributed by atoms with van der Waals surface area (Å²) in [6.45, 7) is 6.71. The zero-order valence-electron chi connectivity index (χ0n) is 11.0. The van der Waals surface area contributed by atoms with Crippen molar-refractivity contribution in [2.75, 3.05) is 13.1 Å². The Hall–Kier alpha value is -0.860. The Labute approximate surface area is 105 Å². The summed E-state index contributed by atoms with van der Waals surface area (Å²) < 4.78 is 0. The Morgan fingerprint density at radius 1 is 1.35 bits per heavy atom. The first kappa shape index (κ1) is 12.6. The van der Waals surface area contributed by atoms with Crippen molar-refractivity contribution < 1.29 is 0 Å². The molecule has 2 rings (SSSR count). The van der Waals surface area contributed by atoms with Gasteiger partial charge in [-0.15, -0.1) is 0 Å². The molecular formula is C15H24N2. The van der Waals surface area contributed by atoms with Crippen molar-refractivity contribution in [3.05, 3.63) is 35.4 Å². The van der Waals surface area contributed by atoms with Crippen molar-refractivity contribution in [2.24, 2.45) is 0 Å². The molecule has 0 aliphatic carbocycles. The molecule has 1 aliphatic heterocycles. The highest BCUT2D eigenvalue weighted by molar-refractivity contribution is 5.24. The van der Waals surface area contributed by atoms with Crippen LogP contribution in [0, 0.1) is 0 Å². The van der Waals surface area contributed by atoms with Crippen LogP contribution < -0.4 is 10.6 Å². The fourth-order valence-electron chi connectivity index (χ4n) is 2.41. The average molecular weight is 232 g/mol. The maximum absolute atomic E-state index is 3.62. The summed E-state index contributed by atoms with van der Waals surface area (Å²) in [4.78, 5) is 0. The minimum Gasteiger partial charge on any atom is -0.313 e. The third kappa shape index (κ3) is 3.55. The van der Waals surface area contributed by atoms with Gasteiger partial charge >= 0.3 is 0 Å². The standard InChI is InChI=1S/C15H24N2/c1-3-13-6-8-14(9-7-13)12(2)17-11-15-5-4-10-16-15/h6-9,12,15-17H,3-5,10-11H2,1-2H3. The third-order valence-electron chi connectivity index (χ3n) is 3.72. The molecule has 0 aromatic heterocycles. The maximum atomic E-state index is 3.62. The molecule has 0 spiro atoms. The summed E-state index contributed by atoms with van der Waals surface area (Å²) in [5.74, 6) is 0. The molecule has 1 saturated heterocycles. The Morgan fingerprint density at radius 2 is 2.12 bits per heavy atom. The predicted molar refractivity (Wildman–Crippen MR) is 73.3 cm³/mol. The molecule has 2 nitrogen and oxygen atoms in total. The predicted octanol–water partition coefficient (Wildman–Crippen LogP) is 2.65. The quantitative estimate of drug-likeness (QED) is 0.815. The normalized spacial score (nSPS) is 21.6. The van der Waals surface area contributed by atoms with Gasteiger partial charge in [0.15, 0.2) is 0 Å². The van der Waals surface area contributed by atoms with E-state index in [1.165, 1.54) is 30.5 Å². The minimum absolute atomic E-state index is 0.448. The lowest BCUT2D eigenvalue weighted by Crippen LogP contribution is -2.35. The van der Waals surface area contributed by atoms with Crippen LogP contribution in [0.1, 0.15) is 43.9 Å². The second kappa shape index (κ2) is 6.18. The van der Waals surface area contributed by atoms with Gasteiger partial charge in [-0.25, -0.2) is 0 Å². The lowest BCUT2D eigenvalue weighted by Gasteiger charge is -2.18. The minimum atomic E-state index is 0.448. The number of rotatable bonds is 5. The number of benzene rings is 1. The monoisotopic (exact) mass is 232 g/mol. The van der Waals surface area contributed by atoms with E-state index in [-0.39, 0.29) is 0 Å². The van der Waals surface area contributed by atoms with Crippen molar-refractivity contribution >= 4 is 0 Å². The van der Waals surface area contributed by atoms with Crippen molar-refractivity contribution in [3.63, 3.8) is 0 Å². The van der Waals surface area contributed by atoms with Gasteiger partial charge in [-0.1, -0.05) is 31.2 Å². The largest absolute Gasteiger partial charge is 0.313 e. The Morgan fingerprint density at radius 3 is 2.71 bits per heavy atom. The summed E-state index contributed by atoms with van der Waals surface area (Å²) in [7, 11) is 0. The second-order valence-electron chi connectivity index (χ2n) is 5.02. The van der Waals surface area contributed by atoms with Crippen LogP contribution in [0.2, 0.25) is 0 Å². The van der Waals surface area contributed by atoms with Crippen LogP contribution in [-0.4, -0.2) is 19.1 Å². The van der Waals surface area contributed by atoms with Gasteiger partial charge < -0.3 is 10.6 Å². The zero-order valence-corrected chi connectivity index (χ0v) is 11.0. The molecule has 0 amide bonds. The van der Waals surface area contributed by atoms with E-state index < -0.39 is 0 Å². The molecule has 17 heavy (non-hydrogen) atoms. The molecule has 2 atom stereocenters. The first-order valence-corrected chi connectivity index (χ1v) is 6.85. The molecule has 1 aromatic rings. The molecule has 2 N–H and O–H groups in total. The SMILES string of the molecule is CCc1ccc(C(C)NCC2CCCN2)cc1. The van der Waals surface area contributed by atoms with Crippen molar-refractivity contribution in [1.82, 2.24) is 10.6 Å². The number of hydrogen-bond acceptors (Lipinski definition) is 2. The van der Waals surface area contributed by atoms with Crippen molar-refractivity contribution in [3.8, 4) is 0 Å². The molecule has 94 valence electrons. The van der Waals surface area contributed by atoms with E-state index in [2.05, 4.69) is 48.7 Å². The first-order valence-electron chi connectivity index (χ1n) is 6.85. The molecule has 1 aliphatic rings. The van der Waals surface area contributed by atoms with Crippen LogP contribution in [0.3, 0.4) is 0 Å². The second-order valence-corrected chi connectivity index (χ2v) is 5.02. The molecule has 2 heteroatoms. The van der Waals surface area contributed by atoms with Crippen LogP contribution in [0.25, 0.3) is 0 Å². The summed E-state index contributed by atoms with van der Waals surface area (Å²) >= 11 is 0. The van der Waals surface area contributed by atoms with E-state index in [1.807, 2.05) is 0 Å². The highest BCUT2D eigenvalue weighted by Crippen LogP contribution is 2.14. The van der Waals surface area contributed by atoms with Gasteiger partial charge in [0.2, 0.25) is 0 Å². The highest BCUT2D eigenvalue weighted by atomic mass is 15.0. The van der Waals surface area contributed by atoms with E-state index in [4.69, 9.17) is 0 Å². The fraction of sp³-hybridized carbons (Fsp3) is 0.600. The Bertz CT molecular complexity index is 325. The average Bonchev–Trinajstić information content (AvgIpc) is 2.89. The summed E-state index contributed by atoms with van der Waals surface area (Å²) in [5.41, 5.74) is 2.80. The zero-order chi connectivity index (χ0) is 12.1. The number of aryl methyl sites for hydroxylation is 1. The lowest BCUT2D eigenvalue weighted by molar-refractivity contribution is 0.490. The summed E-state index contributed by atoms with van der Waals surface area (Å²) in [6.07, 6.45) is 3.76. The van der Waals surface area contributed by atoms with Gasteiger partial charge in [0.05, 0.1) is 0 Å². The molecule has 2 unspecified atom stereocenters. The van der Waals surface area contributed by atoms with Gasteiger partial charge in [-0.05, 0) is 43.9 Å². The molecule has 1 aromatic carbocycles. The lowest BCUT2D eigenvalue weighted by atomic mass is 10.0. The van der Waals surface area contributed by atoms with Gasteiger partial charge in [0.1, 0.15) is 0 Å². The number of hydrogen-bond donors (Lipinski definition) is 2. The smallest absolute Gasteiger partial charge is 0.0292 e. The van der Waals surface area contributed by atoms with Crippen molar-refractivity contribution in [1.29, 1.82) is 0 Å². The summed E-state index contributed by atoms with van der Waals surface area (Å²) in [6, 6.07) is 10.1.